The molecule has 5 nitrogen and oxygen atoms in total. The van der Waals surface area contributed by atoms with Crippen LogP contribution in [0.2, 0.25) is 0 Å². The van der Waals surface area contributed by atoms with Gasteiger partial charge in [-0.05, 0) is 42.9 Å². The first-order chi connectivity index (χ1) is 16.0. The van der Waals surface area contributed by atoms with Gasteiger partial charge in [-0.2, -0.15) is 0 Å². The number of alkyl halides is 1. The van der Waals surface area contributed by atoms with Crippen molar-refractivity contribution in [1.29, 1.82) is 0 Å². The first-order valence-corrected chi connectivity index (χ1v) is 13.1. The maximum Gasteiger partial charge on any atom is 0.232 e. The lowest BCUT2D eigenvalue weighted by Gasteiger charge is -2.37. The first kappa shape index (κ1) is 25.4. The van der Waals surface area contributed by atoms with Gasteiger partial charge in [0.15, 0.2) is 0 Å². The van der Waals surface area contributed by atoms with Crippen molar-refractivity contribution < 1.29 is 9.59 Å². The Balaban J connectivity index is 1.70. The molecule has 1 saturated heterocycles. The van der Waals surface area contributed by atoms with Crippen molar-refractivity contribution in [2.45, 2.75) is 37.5 Å². The van der Waals surface area contributed by atoms with Gasteiger partial charge < -0.3 is 15.5 Å². The van der Waals surface area contributed by atoms with E-state index in [9.17, 15) is 9.59 Å². The third-order valence-corrected chi connectivity index (χ3v) is 7.49. The zero-order chi connectivity index (χ0) is 23.7. The zero-order valence-electron chi connectivity index (χ0n) is 19.6. The van der Waals surface area contributed by atoms with Gasteiger partial charge in [0.25, 0.3) is 0 Å². The molecule has 2 N–H and O–H groups in total. The molecule has 1 fully saturated rings. The van der Waals surface area contributed by atoms with E-state index in [1.165, 1.54) is 0 Å². The molecule has 0 unspecified atom stereocenters. The standard InChI is InChI=1S/C27H36BrN3O2/c1-30(25(32)15-9-4-10-17-28)19-20-31-18-16-24(21-31)27(26(29)33,22-11-5-2-6-12-22)23-13-7-3-8-14-23/h2-3,5-8,11-14,24H,4,9-10,15-21H2,1H3,(H2,29,33)/t24-/m1/s1. The Morgan fingerprint density at radius 3 is 2.18 bits per heavy atom. The minimum atomic E-state index is -0.867. The average Bonchev–Trinajstić information content (AvgIpc) is 3.31. The monoisotopic (exact) mass is 513 g/mol. The number of carbonyl (C=O) groups is 2. The zero-order valence-corrected chi connectivity index (χ0v) is 21.2. The molecule has 0 aromatic heterocycles. The fourth-order valence-corrected chi connectivity index (χ4v) is 5.47. The van der Waals surface area contributed by atoms with E-state index in [-0.39, 0.29) is 17.7 Å². The van der Waals surface area contributed by atoms with Gasteiger partial charge in [-0.3, -0.25) is 9.59 Å². The van der Waals surface area contributed by atoms with Gasteiger partial charge >= 0.3 is 0 Å². The van der Waals surface area contributed by atoms with Crippen molar-refractivity contribution in [3.8, 4) is 0 Å². The Labute approximate surface area is 206 Å². The molecule has 6 heteroatoms. The Morgan fingerprint density at radius 2 is 1.64 bits per heavy atom. The topological polar surface area (TPSA) is 66.6 Å². The lowest BCUT2D eigenvalue weighted by atomic mass is 9.64. The van der Waals surface area contributed by atoms with Gasteiger partial charge in [0.2, 0.25) is 11.8 Å². The molecule has 1 aliphatic rings. The number of rotatable bonds is 12. The number of primary amides is 1. The highest BCUT2D eigenvalue weighted by Gasteiger charge is 2.49. The highest BCUT2D eigenvalue weighted by molar-refractivity contribution is 9.09. The van der Waals surface area contributed by atoms with Gasteiger partial charge in [-0.1, -0.05) is 83.0 Å². The smallest absolute Gasteiger partial charge is 0.232 e. The van der Waals surface area contributed by atoms with Crippen molar-refractivity contribution in [3.05, 3.63) is 71.8 Å². The number of benzene rings is 2. The fraction of sp³-hybridized carbons (Fsp3) is 0.481. The van der Waals surface area contributed by atoms with Crippen molar-refractivity contribution in [2.24, 2.45) is 11.7 Å². The van der Waals surface area contributed by atoms with Crippen LogP contribution in [0.15, 0.2) is 60.7 Å². The average molecular weight is 515 g/mol. The summed E-state index contributed by atoms with van der Waals surface area (Å²) < 4.78 is 0. The molecule has 33 heavy (non-hydrogen) atoms. The largest absolute Gasteiger partial charge is 0.369 e. The Hall–Kier alpha value is -2.18. The van der Waals surface area contributed by atoms with Crippen LogP contribution in [-0.4, -0.2) is 60.2 Å². The van der Waals surface area contributed by atoms with Crippen LogP contribution >= 0.6 is 15.9 Å². The molecule has 1 atom stereocenters. The van der Waals surface area contributed by atoms with E-state index in [4.69, 9.17) is 5.73 Å². The molecule has 1 heterocycles. The number of carbonyl (C=O) groups excluding carboxylic acids is 2. The van der Waals surface area contributed by atoms with Crippen molar-refractivity contribution in [1.82, 2.24) is 9.80 Å². The van der Waals surface area contributed by atoms with Crippen LogP contribution in [0.1, 0.15) is 43.2 Å². The van der Waals surface area contributed by atoms with Crippen LogP contribution in [-0.2, 0) is 15.0 Å². The number of amides is 2. The van der Waals surface area contributed by atoms with Crippen LogP contribution in [0.25, 0.3) is 0 Å². The van der Waals surface area contributed by atoms with Crippen LogP contribution in [0.3, 0.4) is 0 Å². The van der Waals surface area contributed by atoms with E-state index < -0.39 is 5.41 Å². The SMILES string of the molecule is CN(CCN1CC[C@@H](C(C(N)=O)(c2ccccc2)c2ccccc2)C1)C(=O)CCCCCBr. The summed E-state index contributed by atoms with van der Waals surface area (Å²) in [4.78, 5) is 29.8. The lowest BCUT2D eigenvalue weighted by Crippen LogP contribution is -2.49. The molecule has 0 bridgehead atoms. The summed E-state index contributed by atoms with van der Waals surface area (Å²) in [6.45, 7) is 3.18. The molecule has 3 rings (SSSR count). The molecule has 0 radical (unpaired) electrons. The fourth-order valence-electron chi connectivity index (χ4n) is 5.07. The molecular formula is C27H36BrN3O2. The van der Waals surface area contributed by atoms with E-state index in [1.807, 2.05) is 72.6 Å². The minimum absolute atomic E-state index is 0.0741. The van der Waals surface area contributed by atoms with Crippen molar-refractivity contribution in [3.63, 3.8) is 0 Å². The number of likely N-dealkylation sites (tertiary alicyclic amines) is 1. The second-order valence-corrected chi connectivity index (χ2v) is 9.80. The van der Waals surface area contributed by atoms with E-state index in [0.717, 1.165) is 61.8 Å². The van der Waals surface area contributed by atoms with E-state index >= 15 is 0 Å². The molecule has 2 aromatic carbocycles. The number of hydrogen-bond donors (Lipinski definition) is 1. The number of nitrogens with two attached hydrogens (primary N) is 1. The van der Waals surface area contributed by atoms with Gasteiger partial charge in [0.05, 0.1) is 0 Å². The second-order valence-electron chi connectivity index (χ2n) is 9.01. The van der Waals surface area contributed by atoms with E-state index in [2.05, 4.69) is 20.8 Å². The predicted octanol–water partition coefficient (Wildman–Crippen LogP) is 4.19. The molecule has 2 aromatic rings. The summed E-state index contributed by atoms with van der Waals surface area (Å²) in [7, 11) is 1.89. The molecule has 0 spiro atoms. The van der Waals surface area contributed by atoms with Crippen LogP contribution in [0.5, 0.6) is 0 Å². The Bertz CT molecular complexity index is 851. The molecule has 1 aliphatic heterocycles. The predicted molar refractivity (Wildman–Crippen MR) is 137 cm³/mol. The summed E-state index contributed by atoms with van der Waals surface area (Å²) in [6, 6.07) is 19.9. The van der Waals surface area contributed by atoms with Crippen molar-refractivity contribution in [2.75, 3.05) is 38.6 Å². The number of likely N-dealkylation sites (N-methyl/N-ethyl adjacent to an activating group) is 1. The van der Waals surface area contributed by atoms with E-state index in [0.29, 0.717) is 13.0 Å². The number of halogens is 1. The Morgan fingerprint density at radius 1 is 1.03 bits per heavy atom. The second kappa shape index (κ2) is 12.3. The van der Waals surface area contributed by atoms with Crippen LogP contribution in [0.4, 0.5) is 0 Å². The van der Waals surface area contributed by atoms with Gasteiger partial charge in [0.1, 0.15) is 5.41 Å². The maximum absolute atomic E-state index is 13.2. The number of nitrogens with zero attached hydrogens (tertiary/aromatic N) is 2. The van der Waals surface area contributed by atoms with Gasteiger partial charge in [0, 0.05) is 38.4 Å². The van der Waals surface area contributed by atoms with Crippen LogP contribution in [0, 0.1) is 5.92 Å². The summed E-state index contributed by atoms with van der Waals surface area (Å²) in [5.41, 5.74) is 7.21. The summed E-state index contributed by atoms with van der Waals surface area (Å²) in [5.74, 6) is -0.0204. The molecule has 0 aliphatic carbocycles. The molecule has 0 saturated carbocycles. The van der Waals surface area contributed by atoms with Crippen molar-refractivity contribution >= 4 is 27.7 Å². The van der Waals surface area contributed by atoms with Gasteiger partial charge in [-0.25, -0.2) is 0 Å². The highest BCUT2D eigenvalue weighted by Crippen LogP contribution is 2.43. The highest BCUT2D eigenvalue weighted by atomic mass is 79.9. The lowest BCUT2D eigenvalue weighted by molar-refractivity contribution is -0.130. The molecular weight excluding hydrogens is 478 g/mol. The molecule has 178 valence electrons. The molecule has 2 amide bonds. The number of hydrogen-bond acceptors (Lipinski definition) is 3. The normalized spacial score (nSPS) is 16.6. The third kappa shape index (κ3) is 6.04. The minimum Gasteiger partial charge on any atom is -0.369 e. The van der Waals surface area contributed by atoms with Gasteiger partial charge in [-0.15, -0.1) is 0 Å². The number of unbranched alkanes of at least 4 members (excludes halogenated alkanes) is 2. The third-order valence-electron chi connectivity index (χ3n) is 6.93. The van der Waals surface area contributed by atoms with Crippen LogP contribution < -0.4 is 5.73 Å². The summed E-state index contributed by atoms with van der Waals surface area (Å²) >= 11 is 3.44. The first-order valence-electron chi connectivity index (χ1n) is 11.9. The Kier molecular flexibility index (Phi) is 9.51. The van der Waals surface area contributed by atoms with E-state index in [1.54, 1.807) is 0 Å². The summed E-state index contributed by atoms with van der Waals surface area (Å²) in [5, 5.41) is 0.992. The maximum atomic E-state index is 13.2. The quantitative estimate of drug-likeness (QED) is 0.341. The summed E-state index contributed by atoms with van der Waals surface area (Å²) in [6.07, 6.45) is 4.62.